The lowest BCUT2D eigenvalue weighted by atomic mass is 10.1. The Hall–Kier alpha value is -0.460. The molecule has 4 nitrogen and oxygen atoms in total. The largest absolute Gasteiger partial charge is 0.324 e. The van der Waals surface area contributed by atoms with Gasteiger partial charge in [-0.05, 0) is 31.0 Å². The van der Waals surface area contributed by atoms with E-state index < -0.39 is 6.04 Å². The van der Waals surface area contributed by atoms with E-state index in [1.165, 1.54) is 17.1 Å². The van der Waals surface area contributed by atoms with Crippen LogP contribution in [-0.4, -0.2) is 41.4 Å². The van der Waals surface area contributed by atoms with E-state index >= 15 is 0 Å². The lowest BCUT2D eigenvalue weighted by molar-refractivity contribution is -0.117. The number of anilines is 1. The molecule has 1 atom stereocenters. The van der Waals surface area contributed by atoms with Crippen LogP contribution in [0.3, 0.4) is 0 Å². The fourth-order valence-electron chi connectivity index (χ4n) is 2.17. The minimum atomic E-state index is -0.489. The average Bonchev–Trinajstić information content (AvgIpc) is 2.43. The Morgan fingerprint density at radius 3 is 2.59 bits per heavy atom. The highest BCUT2D eigenvalue weighted by Crippen LogP contribution is 2.19. The number of halogens is 2. The van der Waals surface area contributed by atoms with Crippen molar-refractivity contribution in [3.8, 4) is 0 Å². The summed E-state index contributed by atoms with van der Waals surface area (Å²) in [5, 5.41) is 2.90. The molecule has 1 fully saturated rings. The number of carbonyl (C=O) groups is 1. The van der Waals surface area contributed by atoms with E-state index in [0.717, 1.165) is 30.9 Å². The van der Waals surface area contributed by atoms with Crippen LogP contribution in [-0.2, 0) is 11.3 Å². The van der Waals surface area contributed by atoms with Gasteiger partial charge < -0.3 is 11.1 Å². The van der Waals surface area contributed by atoms with Crippen molar-refractivity contribution in [3.05, 3.63) is 29.3 Å². The number of amides is 1. The number of rotatable bonds is 4. The van der Waals surface area contributed by atoms with Crippen LogP contribution in [0.1, 0.15) is 18.1 Å². The summed E-state index contributed by atoms with van der Waals surface area (Å²) in [6.07, 6.45) is 0. The zero-order chi connectivity index (χ0) is 14.5. The van der Waals surface area contributed by atoms with Gasteiger partial charge in [0.2, 0.25) is 5.91 Å². The Morgan fingerprint density at radius 2 is 2.00 bits per heavy atom. The predicted octanol–water partition coefficient (Wildman–Crippen LogP) is 2.67. The summed E-state index contributed by atoms with van der Waals surface area (Å²) in [4.78, 5) is 14.2. The Bertz CT molecular complexity index is 480. The number of hydrogen-bond donors (Lipinski definition) is 2. The fraction of sp³-hybridized carbons (Fsp3) is 0.533. The molecule has 3 N–H and O–H groups in total. The minimum Gasteiger partial charge on any atom is -0.324 e. The monoisotopic (exact) mass is 365 g/mol. The fourth-order valence-corrected chi connectivity index (χ4v) is 3.14. The van der Waals surface area contributed by atoms with E-state index in [1.54, 1.807) is 6.92 Å². The maximum Gasteiger partial charge on any atom is 0.241 e. The van der Waals surface area contributed by atoms with Gasteiger partial charge in [0, 0.05) is 36.8 Å². The van der Waals surface area contributed by atoms with Crippen LogP contribution in [0, 0.1) is 6.92 Å². The maximum atomic E-state index is 11.7. The predicted molar refractivity (Wildman–Crippen MR) is 101 cm³/mol. The average molecular weight is 366 g/mol. The van der Waals surface area contributed by atoms with Crippen LogP contribution in [0.15, 0.2) is 18.2 Å². The van der Waals surface area contributed by atoms with Crippen LogP contribution in [0.5, 0.6) is 0 Å². The van der Waals surface area contributed by atoms with Gasteiger partial charge in [-0.2, -0.15) is 11.8 Å². The first-order valence-electron chi connectivity index (χ1n) is 7.02. The molecule has 126 valence electrons. The molecule has 0 aromatic heterocycles. The van der Waals surface area contributed by atoms with Crippen LogP contribution >= 0.6 is 36.6 Å². The maximum absolute atomic E-state index is 11.7. The summed E-state index contributed by atoms with van der Waals surface area (Å²) in [6.45, 7) is 6.92. The summed E-state index contributed by atoms with van der Waals surface area (Å²) in [5.74, 6) is 2.28. The van der Waals surface area contributed by atoms with Crippen molar-refractivity contribution in [2.45, 2.75) is 26.4 Å². The van der Waals surface area contributed by atoms with Crippen LogP contribution in [0.2, 0.25) is 0 Å². The number of nitrogens with zero attached hydrogens (tertiary/aromatic N) is 1. The number of benzene rings is 1. The second-order valence-corrected chi connectivity index (χ2v) is 6.54. The lowest BCUT2D eigenvalue weighted by Gasteiger charge is -2.26. The lowest BCUT2D eigenvalue weighted by Crippen LogP contribution is -2.33. The first kappa shape index (κ1) is 21.5. The molecular formula is C15H25Cl2N3OS. The molecule has 1 saturated heterocycles. The van der Waals surface area contributed by atoms with E-state index in [2.05, 4.69) is 28.4 Å². The van der Waals surface area contributed by atoms with E-state index in [9.17, 15) is 4.79 Å². The van der Waals surface area contributed by atoms with Crippen LogP contribution in [0.4, 0.5) is 5.69 Å². The zero-order valence-corrected chi connectivity index (χ0v) is 15.5. The summed E-state index contributed by atoms with van der Waals surface area (Å²) in [5.41, 5.74) is 8.78. The standard InChI is InChI=1S/C15H23N3OS.2ClH/c1-11-3-4-13(10-18-5-7-20-8-6-18)9-14(11)17-15(19)12(2)16;;/h3-4,9,12H,5-8,10,16H2,1-2H3,(H,17,19);2*1H/t12-;;/m1../s1. The Kier molecular flexibility index (Phi) is 10.1. The SMILES string of the molecule is Cc1ccc(CN2CCSCC2)cc1NC(=O)[C@@H](C)N.Cl.Cl. The van der Waals surface area contributed by atoms with Gasteiger partial charge in [0.15, 0.2) is 0 Å². The molecule has 22 heavy (non-hydrogen) atoms. The van der Waals surface area contributed by atoms with Gasteiger partial charge in [0.1, 0.15) is 0 Å². The number of nitrogens with one attached hydrogen (secondary N) is 1. The third-order valence-corrected chi connectivity index (χ3v) is 4.43. The normalized spacial score (nSPS) is 16.1. The molecular weight excluding hydrogens is 341 g/mol. The van der Waals surface area contributed by atoms with Crippen molar-refractivity contribution < 1.29 is 4.79 Å². The van der Waals surface area contributed by atoms with Crippen LogP contribution in [0.25, 0.3) is 0 Å². The topological polar surface area (TPSA) is 58.4 Å². The van der Waals surface area contributed by atoms with Gasteiger partial charge in [-0.3, -0.25) is 9.69 Å². The molecule has 2 rings (SSSR count). The number of hydrogen-bond acceptors (Lipinski definition) is 4. The van der Waals surface area contributed by atoms with Gasteiger partial charge >= 0.3 is 0 Å². The molecule has 1 aliphatic rings. The zero-order valence-electron chi connectivity index (χ0n) is 13.0. The Morgan fingerprint density at radius 1 is 1.36 bits per heavy atom. The summed E-state index contributed by atoms with van der Waals surface area (Å²) in [6, 6.07) is 5.78. The molecule has 1 amide bonds. The summed E-state index contributed by atoms with van der Waals surface area (Å²) < 4.78 is 0. The molecule has 0 spiro atoms. The molecule has 1 aromatic carbocycles. The highest BCUT2D eigenvalue weighted by molar-refractivity contribution is 7.99. The van der Waals surface area contributed by atoms with Crippen molar-refractivity contribution in [1.29, 1.82) is 0 Å². The van der Waals surface area contributed by atoms with Gasteiger partial charge in [-0.1, -0.05) is 12.1 Å². The van der Waals surface area contributed by atoms with Crippen molar-refractivity contribution in [2.75, 3.05) is 29.9 Å². The molecule has 0 aliphatic carbocycles. The van der Waals surface area contributed by atoms with Gasteiger partial charge in [-0.15, -0.1) is 24.8 Å². The van der Waals surface area contributed by atoms with E-state index in [4.69, 9.17) is 5.73 Å². The molecule has 0 saturated carbocycles. The van der Waals surface area contributed by atoms with Crippen molar-refractivity contribution in [3.63, 3.8) is 0 Å². The molecule has 1 aliphatic heterocycles. The first-order valence-corrected chi connectivity index (χ1v) is 8.18. The number of thioether (sulfide) groups is 1. The third-order valence-electron chi connectivity index (χ3n) is 3.48. The van der Waals surface area contributed by atoms with E-state index in [1.807, 2.05) is 18.7 Å². The van der Waals surface area contributed by atoms with E-state index in [0.29, 0.717) is 0 Å². The van der Waals surface area contributed by atoms with Crippen molar-refractivity contribution >= 4 is 48.2 Å². The Balaban J connectivity index is 0.00000220. The summed E-state index contributed by atoms with van der Waals surface area (Å²) >= 11 is 2.01. The molecule has 1 heterocycles. The molecule has 7 heteroatoms. The summed E-state index contributed by atoms with van der Waals surface area (Å²) in [7, 11) is 0. The van der Waals surface area contributed by atoms with Crippen molar-refractivity contribution in [2.24, 2.45) is 5.73 Å². The third kappa shape index (κ3) is 6.34. The second-order valence-electron chi connectivity index (χ2n) is 5.32. The Labute approximate surface area is 149 Å². The highest BCUT2D eigenvalue weighted by Gasteiger charge is 2.13. The number of carbonyl (C=O) groups excluding carboxylic acids is 1. The van der Waals surface area contributed by atoms with Gasteiger partial charge in [0.05, 0.1) is 6.04 Å². The van der Waals surface area contributed by atoms with Crippen molar-refractivity contribution in [1.82, 2.24) is 4.90 Å². The number of aryl methyl sites for hydroxylation is 1. The first-order chi connectivity index (χ1) is 9.56. The molecule has 1 aromatic rings. The van der Waals surface area contributed by atoms with Crippen LogP contribution < -0.4 is 11.1 Å². The van der Waals surface area contributed by atoms with Gasteiger partial charge in [0.25, 0.3) is 0 Å². The minimum absolute atomic E-state index is 0. The quantitative estimate of drug-likeness (QED) is 0.860. The molecule has 0 bridgehead atoms. The molecule has 0 unspecified atom stereocenters. The highest BCUT2D eigenvalue weighted by atomic mass is 35.5. The van der Waals surface area contributed by atoms with Gasteiger partial charge in [-0.25, -0.2) is 0 Å². The van der Waals surface area contributed by atoms with E-state index in [-0.39, 0.29) is 30.7 Å². The molecule has 0 radical (unpaired) electrons. The smallest absolute Gasteiger partial charge is 0.241 e. The number of nitrogens with two attached hydrogens (primary N) is 1. The second kappa shape index (κ2) is 10.3.